The molecule has 0 aliphatic carbocycles. The van der Waals surface area contributed by atoms with Crippen molar-refractivity contribution in [3.63, 3.8) is 0 Å². The summed E-state index contributed by atoms with van der Waals surface area (Å²) in [7, 11) is -4.71. The average Bonchev–Trinajstić information content (AvgIpc) is 2.35. The van der Waals surface area contributed by atoms with Gasteiger partial charge in [-0.05, 0) is 37.6 Å². The van der Waals surface area contributed by atoms with Gasteiger partial charge in [0.05, 0.1) is 4.90 Å². The molecule has 0 saturated carbocycles. The molecule has 1 aromatic rings. The Labute approximate surface area is 128 Å². The Kier molecular flexibility index (Phi) is 6.55. The van der Waals surface area contributed by atoms with Crippen LogP contribution in [0.2, 0.25) is 0 Å². The first-order chi connectivity index (χ1) is 9.76. The first-order valence-electron chi connectivity index (χ1n) is 6.29. The van der Waals surface area contributed by atoms with E-state index in [0.717, 1.165) is 0 Å². The van der Waals surface area contributed by atoms with E-state index >= 15 is 0 Å². The highest BCUT2D eigenvalue weighted by molar-refractivity contribution is 7.89. The molecule has 0 aliphatic rings. The summed E-state index contributed by atoms with van der Waals surface area (Å²) in [6.07, 6.45) is 1.53. The summed E-state index contributed by atoms with van der Waals surface area (Å²) in [6.45, 7) is 3.19. The molecule has 0 aromatic heterocycles. The number of hydrogen-bond acceptors (Lipinski definition) is 4. The molecule has 0 heterocycles. The molecule has 2 atom stereocenters. The van der Waals surface area contributed by atoms with Gasteiger partial charge < -0.3 is 5.11 Å². The van der Waals surface area contributed by atoms with Crippen molar-refractivity contribution in [3.05, 3.63) is 29.3 Å². The van der Waals surface area contributed by atoms with Crippen LogP contribution in [0.5, 0.6) is 0 Å². The monoisotopic (exact) mass is 329 g/mol. The van der Waals surface area contributed by atoms with Crippen molar-refractivity contribution < 1.29 is 17.7 Å². The van der Waals surface area contributed by atoms with E-state index in [0.29, 0.717) is 11.1 Å². The maximum absolute atomic E-state index is 12.2. The van der Waals surface area contributed by atoms with E-state index in [-0.39, 0.29) is 17.3 Å². The number of sulfonamides is 1. The lowest BCUT2D eigenvalue weighted by Crippen LogP contribution is -2.36. The van der Waals surface area contributed by atoms with Crippen LogP contribution < -0.4 is 4.72 Å². The molecule has 2 unspecified atom stereocenters. The van der Waals surface area contributed by atoms with Crippen LogP contribution in [0.1, 0.15) is 18.1 Å². The summed E-state index contributed by atoms with van der Waals surface area (Å²) in [4.78, 5) is 0.142. The minimum absolute atomic E-state index is 0.142. The molecule has 0 saturated heterocycles. The predicted molar refractivity (Wildman–Crippen MR) is 83.9 cm³/mol. The summed E-state index contributed by atoms with van der Waals surface area (Å²) in [5.74, 6) is 5.54. The second-order valence-corrected chi connectivity index (χ2v) is 7.89. The van der Waals surface area contributed by atoms with Crippen LogP contribution in [0.3, 0.4) is 0 Å². The second-order valence-electron chi connectivity index (χ2n) is 4.70. The number of aliphatic hydroxyl groups excluding tert-OH is 1. The third-order valence-electron chi connectivity index (χ3n) is 2.65. The molecule has 0 bridgehead atoms. The molecular weight excluding hydrogens is 310 g/mol. The van der Waals surface area contributed by atoms with Gasteiger partial charge in [-0.2, -0.15) is 0 Å². The SMILES string of the molecule is Cc1cc(S(=O)(=O)NC(C)CS(C)=O)ccc1C#CCO. The van der Waals surface area contributed by atoms with Gasteiger partial charge in [0, 0.05) is 34.4 Å². The molecule has 5 nitrogen and oxygen atoms in total. The van der Waals surface area contributed by atoms with Gasteiger partial charge in [-0.15, -0.1) is 0 Å². The van der Waals surface area contributed by atoms with Crippen LogP contribution in [0.4, 0.5) is 0 Å². The van der Waals surface area contributed by atoms with Crippen molar-refractivity contribution in [1.82, 2.24) is 4.72 Å². The fourth-order valence-corrected chi connectivity index (χ4v) is 4.02. The molecule has 1 rings (SSSR count). The highest BCUT2D eigenvalue weighted by Gasteiger charge is 2.18. The zero-order chi connectivity index (χ0) is 16.0. The van der Waals surface area contributed by atoms with Crippen molar-refractivity contribution in [2.75, 3.05) is 18.6 Å². The molecule has 0 amide bonds. The minimum atomic E-state index is -3.65. The van der Waals surface area contributed by atoms with E-state index in [9.17, 15) is 12.6 Å². The topological polar surface area (TPSA) is 83.5 Å². The van der Waals surface area contributed by atoms with Gasteiger partial charge in [0.25, 0.3) is 0 Å². The van der Waals surface area contributed by atoms with Crippen LogP contribution in [0.25, 0.3) is 0 Å². The molecule has 7 heteroatoms. The quantitative estimate of drug-likeness (QED) is 0.765. The van der Waals surface area contributed by atoms with Gasteiger partial charge in [-0.3, -0.25) is 4.21 Å². The largest absolute Gasteiger partial charge is 0.384 e. The number of nitrogens with one attached hydrogen (secondary N) is 1. The Balaban J connectivity index is 2.99. The lowest BCUT2D eigenvalue weighted by atomic mass is 10.1. The lowest BCUT2D eigenvalue weighted by molar-refractivity contribution is 0.350. The average molecular weight is 329 g/mol. The Morgan fingerprint density at radius 1 is 1.43 bits per heavy atom. The zero-order valence-corrected chi connectivity index (χ0v) is 13.8. The number of aliphatic hydroxyl groups is 1. The summed E-state index contributed by atoms with van der Waals surface area (Å²) < 4.78 is 38.0. The number of rotatable bonds is 5. The van der Waals surface area contributed by atoms with Crippen molar-refractivity contribution in [3.8, 4) is 11.8 Å². The van der Waals surface area contributed by atoms with E-state index in [2.05, 4.69) is 16.6 Å². The Hall–Kier alpha value is -1.20. The first kappa shape index (κ1) is 17.9. The van der Waals surface area contributed by atoms with Gasteiger partial charge in [-0.25, -0.2) is 13.1 Å². The Morgan fingerprint density at radius 2 is 2.10 bits per heavy atom. The lowest BCUT2D eigenvalue weighted by Gasteiger charge is -2.13. The zero-order valence-electron chi connectivity index (χ0n) is 12.2. The molecule has 0 aliphatic heterocycles. The highest BCUT2D eigenvalue weighted by Crippen LogP contribution is 2.15. The van der Waals surface area contributed by atoms with Crippen molar-refractivity contribution in [2.45, 2.75) is 24.8 Å². The Morgan fingerprint density at radius 3 is 2.62 bits per heavy atom. The molecule has 0 spiro atoms. The molecule has 0 radical (unpaired) electrons. The van der Waals surface area contributed by atoms with E-state index in [4.69, 9.17) is 5.11 Å². The van der Waals surface area contributed by atoms with Crippen LogP contribution >= 0.6 is 0 Å². The van der Waals surface area contributed by atoms with E-state index in [1.165, 1.54) is 18.4 Å². The smallest absolute Gasteiger partial charge is 0.240 e. The fraction of sp³-hybridized carbons (Fsp3) is 0.429. The maximum Gasteiger partial charge on any atom is 0.240 e. The molecular formula is C14H19NO4S2. The van der Waals surface area contributed by atoms with Gasteiger partial charge in [-0.1, -0.05) is 11.8 Å². The normalized spacial score (nSPS) is 14.1. The van der Waals surface area contributed by atoms with Crippen LogP contribution in [0.15, 0.2) is 23.1 Å². The van der Waals surface area contributed by atoms with Crippen LogP contribution in [-0.2, 0) is 20.8 Å². The molecule has 116 valence electrons. The third kappa shape index (κ3) is 5.59. The number of hydrogen-bond donors (Lipinski definition) is 2. The second kappa shape index (κ2) is 7.71. The van der Waals surface area contributed by atoms with Gasteiger partial charge in [0.1, 0.15) is 6.61 Å². The maximum atomic E-state index is 12.2. The first-order valence-corrected chi connectivity index (χ1v) is 9.50. The van der Waals surface area contributed by atoms with E-state index in [1.54, 1.807) is 19.9 Å². The van der Waals surface area contributed by atoms with Crippen LogP contribution in [0, 0.1) is 18.8 Å². The fourth-order valence-electron chi connectivity index (χ4n) is 1.80. The molecule has 0 fully saturated rings. The third-order valence-corrected chi connectivity index (χ3v) is 5.21. The molecule has 2 N–H and O–H groups in total. The number of benzene rings is 1. The van der Waals surface area contributed by atoms with Crippen molar-refractivity contribution >= 4 is 20.8 Å². The summed E-state index contributed by atoms with van der Waals surface area (Å²) in [5.41, 5.74) is 1.39. The van der Waals surface area contributed by atoms with Gasteiger partial charge in [0.2, 0.25) is 10.0 Å². The summed E-state index contributed by atoms with van der Waals surface area (Å²) in [5, 5.41) is 8.67. The Bertz CT molecular complexity index is 687. The van der Waals surface area contributed by atoms with Crippen LogP contribution in [-0.4, -0.2) is 42.4 Å². The van der Waals surface area contributed by atoms with E-state index in [1.807, 2.05) is 0 Å². The van der Waals surface area contributed by atoms with Crippen molar-refractivity contribution in [2.24, 2.45) is 0 Å². The van der Waals surface area contributed by atoms with Crippen molar-refractivity contribution in [1.29, 1.82) is 0 Å². The van der Waals surface area contributed by atoms with E-state index < -0.39 is 26.9 Å². The number of aryl methyl sites for hydroxylation is 1. The summed E-state index contributed by atoms with van der Waals surface area (Å²) in [6, 6.07) is 4.19. The molecule has 21 heavy (non-hydrogen) atoms. The minimum Gasteiger partial charge on any atom is -0.384 e. The highest BCUT2D eigenvalue weighted by atomic mass is 32.2. The van der Waals surface area contributed by atoms with Gasteiger partial charge >= 0.3 is 0 Å². The predicted octanol–water partition coefficient (Wildman–Crippen LogP) is 0.384. The summed E-state index contributed by atoms with van der Waals surface area (Å²) >= 11 is 0. The van der Waals surface area contributed by atoms with Gasteiger partial charge in [0.15, 0.2) is 0 Å². The standard InChI is InChI=1S/C14H19NO4S2/c1-11-9-14(7-6-13(11)5-4-8-16)21(18,19)15-12(2)10-20(3)17/h6-7,9,12,15-16H,8,10H2,1-3H3. The molecule has 1 aromatic carbocycles.